The summed E-state index contributed by atoms with van der Waals surface area (Å²) in [5.74, 6) is 1.16. The highest BCUT2D eigenvalue weighted by atomic mass is 19.2. The number of aryl methyl sites for hydroxylation is 1. The Morgan fingerprint density at radius 2 is 1.59 bits per heavy atom. The van der Waals surface area contributed by atoms with E-state index in [4.69, 9.17) is 0 Å². The molecule has 0 spiro atoms. The van der Waals surface area contributed by atoms with E-state index in [1.54, 1.807) is 6.07 Å². The first-order valence-corrected chi connectivity index (χ1v) is 8.87. The Labute approximate surface area is 155 Å². The summed E-state index contributed by atoms with van der Waals surface area (Å²) in [6, 6.07) is 10.2. The van der Waals surface area contributed by atoms with Crippen molar-refractivity contribution in [1.82, 2.24) is 0 Å². The van der Waals surface area contributed by atoms with Gasteiger partial charge < -0.3 is 0 Å². The van der Waals surface area contributed by atoms with Crippen LogP contribution in [0.15, 0.2) is 42.5 Å². The average molecular weight is 370 g/mol. The van der Waals surface area contributed by atoms with Crippen molar-refractivity contribution < 1.29 is 17.6 Å². The fourth-order valence-electron chi connectivity index (χ4n) is 2.92. The Hall–Kier alpha value is -2.80. The van der Waals surface area contributed by atoms with Crippen molar-refractivity contribution in [2.24, 2.45) is 0 Å². The lowest BCUT2D eigenvalue weighted by Gasteiger charge is -2.03. The van der Waals surface area contributed by atoms with Crippen molar-refractivity contribution in [3.05, 3.63) is 82.4 Å². The quantitative estimate of drug-likeness (QED) is 0.212. The van der Waals surface area contributed by atoms with Gasteiger partial charge in [0.1, 0.15) is 5.82 Å². The lowest BCUT2D eigenvalue weighted by atomic mass is 10.0. The molecule has 0 atom stereocenters. The Kier molecular flexibility index (Phi) is 5.81. The Morgan fingerprint density at radius 3 is 2.33 bits per heavy atom. The second kappa shape index (κ2) is 8.26. The van der Waals surface area contributed by atoms with E-state index in [2.05, 4.69) is 18.8 Å². The average Bonchev–Trinajstić information content (AvgIpc) is 2.65. The highest BCUT2D eigenvalue weighted by molar-refractivity contribution is 5.84. The molecule has 0 saturated heterocycles. The predicted octanol–water partition coefficient (Wildman–Crippen LogP) is 6.53. The van der Waals surface area contributed by atoms with E-state index < -0.39 is 23.3 Å². The van der Waals surface area contributed by atoms with Gasteiger partial charge in [-0.2, -0.15) is 0 Å². The summed E-state index contributed by atoms with van der Waals surface area (Å²) in [5, 5.41) is 0.173. The molecular formula is C23H18F4. The SMILES string of the molecule is CCCCCc1ccc(C#Cc2ccc3c(F)c(F)c(F)cc3c2)c(F)c1. The number of rotatable bonds is 4. The van der Waals surface area contributed by atoms with Gasteiger partial charge in [0, 0.05) is 10.9 Å². The lowest BCUT2D eigenvalue weighted by molar-refractivity contribution is 0.453. The van der Waals surface area contributed by atoms with Crippen molar-refractivity contribution in [2.45, 2.75) is 32.6 Å². The molecule has 0 unspecified atom stereocenters. The van der Waals surface area contributed by atoms with Gasteiger partial charge in [-0.3, -0.25) is 0 Å². The molecular weight excluding hydrogens is 352 g/mol. The second-order valence-electron chi connectivity index (χ2n) is 6.44. The zero-order valence-corrected chi connectivity index (χ0v) is 14.9. The summed E-state index contributed by atoms with van der Waals surface area (Å²) in [4.78, 5) is 0. The minimum atomic E-state index is -1.50. The molecule has 0 aliphatic heterocycles. The molecule has 27 heavy (non-hydrogen) atoms. The fourth-order valence-corrected chi connectivity index (χ4v) is 2.92. The molecule has 0 aromatic heterocycles. The molecule has 0 fully saturated rings. The maximum atomic E-state index is 14.2. The van der Waals surface area contributed by atoms with Crippen LogP contribution < -0.4 is 0 Å². The minimum absolute atomic E-state index is 0.0259. The smallest absolute Gasteiger partial charge is 0.195 e. The van der Waals surface area contributed by atoms with E-state index in [0.29, 0.717) is 5.56 Å². The second-order valence-corrected chi connectivity index (χ2v) is 6.44. The molecule has 0 N–H and O–H groups in total. The zero-order chi connectivity index (χ0) is 19.4. The van der Waals surface area contributed by atoms with Crippen LogP contribution in [0.3, 0.4) is 0 Å². The third-order valence-electron chi connectivity index (χ3n) is 4.42. The van der Waals surface area contributed by atoms with Crippen LogP contribution in [0.1, 0.15) is 42.9 Å². The Bertz CT molecular complexity index is 1040. The maximum absolute atomic E-state index is 14.2. The van der Waals surface area contributed by atoms with Crippen LogP contribution >= 0.6 is 0 Å². The van der Waals surface area contributed by atoms with E-state index in [1.165, 1.54) is 24.3 Å². The third-order valence-corrected chi connectivity index (χ3v) is 4.42. The maximum Gasteiger partial charge on any atom is 0.195 e. The predicted molar refractivity (Wildman–Crippen MR) is 99.4 cm³/mol. The summed E-state index contributed by atoms with van der Waals surface area (Å²) in [5.41, 5.74) is 1.65. The summed E-state index contributed by atoms with van der Waals surface area (Å²) in [6.45, 7) is 2.12. The van der Waals surface area contributed by atoms with E-state index in [1.807, 2.05) is 6.07 Å². The fraction of sp³-hybridized carbons (Fsp3) is 0.217. The molecule has 4 heteroatoms. The number of halogens is 4. The van der Waals surface area contributed by atoms with Crippen molar-refractivity contribution in [2.75, 3.05) is 0 Å². The molecule has 0 saturated carbocycles. The van der Waals surface area contributed by atoms with Crippen LogP contribution in [0.25, 0.3) is 10.8 Å². The summed E-state index contributed by atoms with van der Waals surface area (Å²) < 4.78 is 54.6. The van der Waals surface area contributed by atoms with Crippen LogP contribution in [0.5, 0.6) is 0 Å². The molecule has 3 aromatic rings. The molecule has 0 nitrogen and oxygen atoms in total. The van der Waals surface area contributed by atoms with Crippen LogP contribution in [-0.4, -0.2) is 0 Å². The molecule has 0 heterocycles. The zero-order valence-electron chi connectivity index (χ0n) is 14.9. The van der Waals surface area contributed by atoms with E-state index >= 15 is 0 Å². The number of unbranched alkanes of at least 4 members (excludes halogenated alkanes) is 2. The van der Waals surface area contributed by atoms with Crippen molar-refractivity contribution in [3.8, 4) is 11.8 Å². The molecule has 3 rings (SSSR count). The van der Waals surface area contributed by atoms with Crippen molar-refractivity contribution in [3.63, 3.8) is 0 Å². The highest BCUT2D eigenvalue weighted by Crippen LogP contribution is 2.24. The van der Waals surface area contributed by atoms with Crippen LogP contribution in [-0.2, 0) is 6.42 Å². The van der Waals surface area contributed by atoms with Gasteiger partial charge >= 0.3 is 0 Å². The van der Waals surface area contributed by atoms with Crippen LogP contribution in [0.2, 0.25) is 0 Å². The van der Waals surface area contributed by atoms with Gasteiger partial charge in [-0.1, -0.05) is 43.7 Å². The molecule has 0 radical (unpaired) electrons. The number of fused-ring (bicyclic) bond motifs is 1. The molecule has 3 aromatic carbocycles. The summed E-state index contributed by atoms with van der Waals surface area (Å²) >= 11 is 0. The molecule has 0 amide bonds. The summed E-state index contributed by atoms with van der Waals surface area (Å²) in [7, 11) is 0. The Balaban J connectivity index is 1.86. The van der Waals surface area contributed by atoms with Gasteiger partial charge in [0.25, 0.3) is 0 Å². The van der Waals surface area contributed by atoms with E-state index in [0.717, 1.165) is 37.3 Å². The van der Waals surface area contributed by atoms with Crippen LogP contribution in [0.4, 0.5) is 17.6 Å². The molecule has 0 aliphatic carbocycles. The summed E-state index contributed by atoms with van der Waals surface area (Å²) in [6.07, 6.45) is 4.07. The third kappa shape index (κ3) is 4.31. The molecule has 0 aliphatic rings. The number of hydrogen-bond donors (Lipinski definition) is 0. The lowest BCUT2D eigenvalue weighted by Crippen LogP contribution is -1.92. The van der Waals surface area contributed by atoms with Gasteiger partial charge in [-0.25, -0.2) is 17.6 Å². The van der Waals surface area contributed by atoms with E-state index in [9.17, 15) is 17.6 Å². The standard InChI is InChI=1S/C23H18F4/c1-2-3-4-5-15-6-9-17(20(24)13-15)10-7-16-8-11-19-18(12-16)14-21(25)23(27)22(19)26/h6,8-9,11-14H,2-5H2,1H3. The molecule has 0 bridgehead atoms. The van der Waals surface area contributed by atoms with Gasteiger partial charge in [-0.05, 0) is 54.1 Å². The van der Waals surface area contributed by atoms with E-state index in [-0.39, 0.29) is 16.3 Å². The first-order valence-electron chi connectivity index (χ1n) is 8.87. The largest absolute Gasteiger partial charge is 0.206 e. The van der Waals surface area contributed by atoms with Crippen molar-refractivity contribution >= 4 is 10.8 Å². The van der Waals surface area contributed by atoms with Crippen molar-refractivity contribution in [1.29, 1.82) is 0 Å². The molecule has 138 valence electrons. The number of hydrogen-bond acceptors (Lipinski definition) is 0. The monoisotopic (exact) mass is 370 g/mol. The van der Waals surface area contributed by atoms with Gasteiger partial charge in [-0.15, -0.1) is 0 Å². The Morgan fingerprint density at radius 1 is 0.778 bits per heavy atom. The first-order chi connectivity index (χ1) is 13.0. The highest BCUT2D eigenvalue weighted by Gasteiger charge is 2.13. The van der Waals surface area contributed by atoms with Gasteiger partial charge in [0.05, 0.1) is 5.56 Å². The topological polar surface area (TPSA) is 0 Å². The van der Waals surface area contributed by atoms with Gasteiger partial charge in [0.2, 0.25) is 0 Å². The number of benzene rings is 3. The van der Waals surface area contributed by atoms with Crippen LogP contribution in [0, 0.1) is 35.1 Å². The normalized spacial score (nSPS) is 10.7. The minimum Gasteiger partial charge on any atom is -0.206 e. The van der Waals surface area contributed by atoms with Gasteiger partial charge in [0.15, 0.2) is 17.5 Å². The first kappa shape index (κ1) is 19.0.